The highest BCUT2D eigenvalue weighted by Crippen LogP contribution is 2.26. The van der Waals surface area contributed by atoms with Gasteiger partial charge in [-0.2, -0.15) is 4.37 Å². The van der Waals surface area contributed by atoms with E-state index in [0.717, 1.165) is 37.2 Å². The Bertz CT molecular complexity index is 846. The van der Waals surface area contributed by atoms with Gasteiger partial charge in [0.05, 0.1) is 5.69 Å². The molecule has 0 unspecified atom stereocenters. The topological polar surface area (TPSA) is 131 Å². The van der Waals surface area contributed by atoms with Gasteiger partial charge in [-0.25, -0.2) is 0 Å². The van der Waals surface area contributed by atoms with Crippen molar-refractivity contribution in [3.63, 3.8) is 0 Å². The summed E-state index contributed by atoms with van der Waals surface area (Å²) in [7, 11) is 0. The summed E-state index contributed by atoms with van der Waals surface area (Å²) in [5, 5.41) is 2.97. The number of nitrogens with two attached hydrogens (primary N) is 2. The first-order valence-corrected chi connectivity index (χ1v) is 9.46. The largest absolute Gasteiger partial charge is 0.395 e. The fourth-order valence-corrected chi connectivity index (χ4v) is 3.88. The molecule has 0 bridgehead atoms. The molecule has 0 aliphatic heterocycles. The molecular weight excluding hydrogens is 366 g/mol. The van der Waals surface area contributed by atoms with Crippen LogP contribution in [0.2, 0.25) is 0 Å². The molecule has 1 aliphatic carbocycles. The molecule has 8 nitrogen and oxygen atoms in total. The Morgan fingerprint density at radius 2 is 1.85 bits per heavy atom. The van der Waals surface area contributed by atoms with Crippen molar-refractivity contribution in [3.05, 3.63) is 40.9 Å². The summed E-state index contributed by atoms with van der Waals surface area (Å²) in [4.78, 5) is 38.3. The van der Waals surface area contributed by atoms with Crippen molar-refractivity contribution in [3.8, 4) is 0 Å². The van der Waals surface area contributed by atoms with E-state index in [2.05, 4.69) is 9.69 Å². The standard InChI is InChI=1S/C18H21N5O3S/c19-14-15(17(20)25)22-27-16(14)18(26)23(12-8-2-1-3-9-12)10-13(24)21-11-6-4-5-7-11/h1-3,8-9,11H,4-7,10,19H2,(H2,20,25)(H,21,24). The van der Waals surface area contributed by atoms with Gasteiger partial charge in [-0.1, -0.05) is 31.0 Å². The van der Waals surface area contributed by atoms with E-state index in [4.69, 9.17) is 11.5 Å². The Morgan fingerprint density at radius 1 is 1.19 bits per heavy atom. The molecule has 3 amide bonds. The molecule has 1 aromatic carbocycles. The Labute approximate surface area is 160 Å². The lowest BCUT2D eigenvalue weighted by atomic mass is 10.2. The van der Waals surface area contributed by atoms with Gasteiger partial charge in [0.1, 0.15) is 11.4 Å². The Morgan fingerprint density at radius 3 is 2.44 bits per heavy atom. The van der Waals surface area contributed by atoms with Crippen LogP contribution in [0, 0.1) is 0 Å². The maximum atomic E-state index is 13.1. The van der Waals surface area contributed by atoms with Gasteiger partial charge in [0.15, 0.2) is 5.69 Å². The number of primary amides is 1. The van der Waals surface area contributed by atoms with Crippen LogP contribution < -0.4 is 21.7 Å². The van der Waals surface area contributed by atoms with E-state index in [-0.39, 0.29) is 34.8 Å². The number of benzene rings is 1. The number of carbonyl (C=O) groups excluding carboxylic acids is 3. The van der Waals surface area contributed by atoms with E-state index >= 15 is 0 Å². The minimum Gasteiger partial charge on any atom is -0.395 e. The SMILES string of the molecule is NC(=O)c1nsc(C(=O)N(CC(=O)NC2CCCC2)c2ccccc2)c1N. The molecule has 0 saturated heterocycles. The monoisotopic (exact) mass is 387 g/mol. The fraction of sp³-hybridized carbons (Fsp3) is 0.333. The molecule has 0 atom stereocenters. The molecular formula is C18H21N5O3S. The highest BCUT2D eigenvalue weighted by Gasteiger charge is 2.28. The first kappa shape index (κ1) is 18.8. The number of anilines is 2. The summed E-state index contributed by atoms with van der Waals surface area (Å²) in [6, 6.07) is 8.97. The summed E-state index contributed by atoms with van der Waals surface area (Å²) < 4.78 is 3.87. The van der Waals surface area contributed by atoms with E-state index < -0.39 is 11.8 Å². The minimum absolute atomic E-state index is 0.0605. The maximum absolute atomic E-state index is 13.1. The number of hydrogen-bond donors (Lipinski definition) is 3. The van der Waals surface area contributed by atoms with Gasteiger partial charge in [0.25, 0.3) is 11.8 Å². The molecule has 0 spiro atoms. The van der Waals surface area contributed by atoms with Crippen LogP contribution >= 0.6 is 11.5 Å². The highest BCUT2D eigenvalue weighted by molar-refractivity contribution is 7.09. The zero-order valence-corrected chi connectivity index (χ0v) is 15.5. The number of hydrogen-bond acceptors (Lipinski definition) is 6. The van der Waals surface area contributed by atoms with Crippen LogP contribution in [0.3, 0.4) is 0 Å². The van der Waals surface area contributed by atoms with Crippen molar-refractivity contribution >= 4 is 40.6 Å². The van der Waals surface area contributed by atoms with Crippen molar-refractivity contribution in [1.82, 2.24) is 9.69 Å². The predicted molar refractivity (Wildman–Crippen MR) is 104 cm³/mol. The van der Waals surface area contributed by atoms with Crippen LogP contribution in [0.5, 0.6) is 0 Å². The third-order valence-electron chi connectivity index (χ3n) is 4.49. The Balaban J connectivity index is 1.84. The lowest BCUT2D eigenvalue weighted by molar-refractivity contribution is -0.120. The predicted octanol–water partition coefficient (Wildman–Crippen LogP) is 1.53. The second kappa shape index (κ2) is 8.17. The zero-order chi connectivity index (χ0) is 19.4. The average molecular weight is 387 g/mol. The van der Waals surface area contributed by atoms with Gasteiger partial charge < -0.3 is 16.8 Å². The van der Waals surface area contributed by atoms with Crippen molar-refractivity contribution in [2.24, 2.45) is 5.73 Å². The van der Waals surface area contributed by atoms with E-state index in [1.165, 1.54) is 4.90 Å². The second-order valence-corrected chi connectivity index (χ2v) is 7.19. The highest BCUT2D eigenvalue weighted by atomic mass is 32.1. The summed E-state index contributed by atoms with van der Waals surface area (Å²) in [5.74, 6) is -1.53. The molecule has 1 saturated carbocycles. The maximum Gasteiger partial charge on any atom is 0.272 e. The van der Waals surface area contributed by atoms with Crippen LogP contribution in [0.15, 0.2) is 30.3 Å². The molecule has 0 radical (unpaired) electrons. The van der Waals surface area contributed by atoms with Gasteiger partial charge in [-0.15, -0.1) is 0 Å². The minimum atomic E-state index is -0.798. The number of para-hydroxylation sites is 1. The van der Waals surface area contributed by atoms with Crippen LogP contribution in [0.1, 0.15) is 45.8 Å². The normalized spacial score (nSPS) is 14.1. The quantitative estimate of drug-likeness (QED) is 0.692. The van der Waals surface area contributed by atoms with Gasteiger partial charge in [-0.3, -0.25) is 19.3 Å². The number of nitrogen functional groups attached to an aromatic ring is 1. The van der Waals surface area contributed by atoms with E-state index in [1.54, 1.807) is 24.3 Å². The summed E-state index contributed by atoms with van der Waals surface area (Å²) in [5.41, 5.74) is 11.5. The van der Waals surface area contributed by atoms with Crippen molar-refractivity contribution in [1.29, 1.82) is 0 Å². The summed E-state index contributed by atoms with van der Waals surface area (Å²) in [6.07, 6.45) is 4.10. The third-order valence-corrected chi connectivity index (χ3v) is 5.34. The molecule has 2 aromatic rings. The number of nitrogens with one attached hydrogen (secondary N) is 1. The number of amides is 3. The number of carbonyl (C=O) groups is 3. The van der Waals surface area contributed by atoms with Gasteiger partial charge in [-0.05, 0) is 36.5 Å². The first-order chi connectivity index (χ1) is 13.0. The van der Waals surface area contributed by atoms with Crippen LogP contribution in [0.4, 0.5) is 11.4 Å². The van der Waals surface area contributed by atoms with E-state index in [0.29, 0.717) is 5.69 Å². The lowest BCUT2D eigenvalue weighted by Crippen LogP contribution is -2.43. The van der Waals surface area contributed by atoms with Crippen molar-refractivity contribution < 1.29 is 14.4 Å². The first-order valence-electron chi connectivity index (χ1n) is 8.68. The molecule has 1 fully saturated rings. The van der Waals surface area contributed by atoms with Crippen LogP contribution in [-0.2, 0) is 4.79 Å². The van der Waals surface area contributed by atoms with Gasteiger partial charge in [0.2, 0.25) is 5.91 Å². The molecule has 3 rings (SSSR count). The Hall–Kier alpha value is -2.94. The van der Waals surface area contributed by atoms with E-state index in [1.807, 2.05) is 6.07 Å². The number of rotatable bonds is 6. The molecule has 9 heteroatoms. The van der Waals surface area contributed by atoms with E-state index in [9.17, 15) is 14.4 Å². The molecule has 142 valence electrons. The average Bonchev–Trinajstić information content (AvgIpc) is 3.29. The van der Waals surface area contributed by atoms with Crippen LogP contribution in [-0.4, -0.2) is 34.7 Å². The molecule has 5 N–H and O–H groups in total. The number of aromatic nitrogens is 1. The van der Waals surface area contributed by atoms with Crippen LogP contribution in [0.25, 0.3) is 0 Å². The molecule has 1 heterocycles. The summed E-state index contributed by atoms with van der Waals surface area (Å²) >= 11 is 0.797. The molecule has 1 aromatic heterocycles. The fourth-order valence-electron chi connectivity index (χ4n) is 3.13. The molecule has 1 aliphatic rings. The van der Waals surface area contributed by atoms with Gasteiger partial charge >= 0.3 is 0 Å². The zero-order valence-electron chi connectivity index (χ0n) is 14.7. The molecule has 27 heavy (non-hydrogen) atoms. The lowest BCUT2D eigenvalue weighted by Gasteiger charge is -2.23. The van der Waals surface area contributed by atoms with Crippen molar-refractivity contribution in [2.45, 2.75) is 31.7 Å². The third kappa shape index (κ3) is 4.25. The van der Waals surface area contributed by atoms with Gasteiger partial charge in [0, 0.05) is 11.7 Å². The summed E-state index contributed by atoms with van der Waals surface area (Å²) in [6.45, 7) is -0.150. The smallest absolute Gasteiger partial charge is 0.272 e. The second-order valence-electron chi connectivity index (χ2n) is 6.41. The number of nitrogens with zero attached hydrogens (tertiary/aromatic N) is 2. The van der Waals surface area contributed by atoms with Crippen molar-refractivity contribution in [2.75, 3.05) is 17.2 Å². The Kier molecular flexibility index (Phi) is 5.70.